The van der Waals surface area contributed by atoms with E-state index in [0.717, 1.165) is 19.3 Å². The molecule has 1 saturated carbocycles. The first kappa shape index (κ1) is 14.5. The van der Waals surface area contributed by atoms with Gasteiger partial charge in [-0.15, -0.1) is 0 Å². The Hall–Kier alpha value is -0.580. The molecular formula is C12H20BrNO3. The zero-order valence-corrected chi connectivity index (χ0v) is 12.5. The molecule has 1 aliphatic rings. The first-order chi connectivity index (χ1) is 7.75. The van der Waals surface area contributed by atoms with Crippen molar-refractivity contribution in [1.29, 1.82) is 0 Å². The number of esters is 1. The maximum atomic E-state index is 12.3. The molecule has 0 N–H and O–H groups in total. The molecule has 0 radical (unpaired) electrons. The number of nitrogens with zero attached hydrogens (tertiary/aromatic N) is 1. The van der Waals surface area contributed by atoms with E-state index >= 15 is 0 Å². The number of carbonyl (C=O) groups excluding carboxylic acids is 2. The van der Waals surface area contributed by atoms with Crippen molar-refractivity contribution in [1.82, 2.24) is 4.90 Å². The van der Waals surface area contributed by atoms with Gasteiger partial charge in [0.15, 0.2) is 0 Å². The van der Waals surface area contributed by atoms with Crippen LogP contribution in [0.2, 0.25) is 0 Å². The minimum Gasteiger partial charge on any atom is -0.464 e. The minimum absolute atomic E-state index is 0.0400. The second-order valence-electron chi connectivity index (χ2n) is 4.96. The smallest absolute Gasteiger partial charge is 0.331 e. The van der Waals surface area contributed by atoms with E-state index in [2.05, 4.69) is 15.9 Å². The molecule has 0 aliphatic heterocycles. The highest BCUT2D eigenvalue weighted by atomic mass is 79.9. The molecule has 1 rings (SSSR count). The van der Waals surface area contributed by atoms with Crippen molar-refractivity contribution in [2.24, 2.45) is 0 Å². The van der Waals surface area contributed by atoms with Crippen molar-refractivity contribution < 1.29 is 14.3 Å². The first-order valence-electron chi connectivity index (χ1n) is 5.90. The van der Waals surface area contributed by atoms with E-state index in [0.29, 0.717) is 6.61 Å². The number of likely N-dealkylation sites (N-methyl/N-ethyl adjacent to an activating group) is 1. The molecule has 4 nitrogen and oxygen atoms in total. The van der Waals surface area contributed by atoms with E-state index in [9.17, 15) is 9.59 Å². The first-order valence-corrected chi connectivity index (χ1v) is 6.69. The van der Waals surface area contributed by atoms with Gasteiger partial charge in [-0.05, 0) is 40.0 Å². The van der Waals surface area contributed by atoms with Gasteiger partial charge in [0, 0.05) is 7.05 Å². The van der Waals surface area contributed by atoms with Crippen LogP contribution in [0.15, 0.2) is 0 Å². The largest absolute Gasteiger partial charge is 0.464 e. The quantitative estimate of drug-likeness (QED) is 0.590. The second kappa shape index (κ2) is 4.96. The van der Waals surface area contributed by atoms with Gasteiger partial charge in [-0.3, -0.25) is 4.79 Å². The number of alkyl halides is 1. The molecule has 17 heavy (non-hydrogen) atoms. The Bertz CT molecular complexity index is 324. The van der Waals surface area contributed by atoms with Crippen LogP contribution in [0.3, 0.4) is 0 Å². The van der Waals surface area contributed by atoms with Crippen LogP contribution in [-0.2, 0) is 14.3 Å². The summed E-state index contributed by atoms with van der Waals surface area (Å²) >= 11 is 3.47. The lowest BCUT2D eigenvalue weighted by atomic mass is 9.83. The summed E-state index contributed by atoms with van der Waals surface area (Å²) in [6.45, 7) is 5.49. The molecule has 0 heterocycles. The van der Waals surface area contributed by atoms with E-state index in [4.69, 9.17) is 4.74 Å². The fourth-order valence-corrected chi connectivity index (χ4v) is 2.53. The topological polar surface area (TPSA) is 46.6 Å². The van der Waals surface area contributed by atoms with Gasteiger partial charge in [0.2, 0.25) is 5.91 Å². The number of rotatable bonds is 4. The summed E-state index contributed by atoms with van der Waals surface area (Å²) in [5.41, 5.74) is -0.927. The van der Waals surface area contributed by atoms with E-state index in [1.165, 1.54) is 4.90 Å². The molecule has 1 fully saturated rings. The lowest BCUT2D eigenvalue weighted by Crippen LogP contribution is -2.58. The number of hydrogen-bond acceptors (Lipinski definition) is 3. The van der Waals surface area contributed by atoms with Crippen molar-refractivity contribution >= 4 is 27.8 Å². The summed E-state index contributed by atoms with van der Waals surface area (Å²) in [6.07, 6.45) is 2.70. The maximum Gasteiger partial charge on any atom is 0.331 e. The lowest BCUT2D eigenvalue weighted by molar-refractivity contribution is -0.161. The predicted molar refractivity (Wildman–Crippen MR) is 69.0 cm³/mol. The van der Waals surface area contributed by atoms with Crippen LogP contribution < -0.4 is 0 Å². The molecule has 0 aromatic heterocycles. The summed E-state index contributed by atoms with van der Waals surface area (Å²) in [7, 11) is 1.65. The summed E-state index contributed by atoms with van der Waals surface area (Å²) in [6, 6.07) is 0. The average Bonchev–Trinajstić information content (AvgIpc) is 2.24. The Kier molecular flexibility index (Phi) is 4.23. The molecule has 1 amide bonds. The molecule has 0 unspecified atom stereocenters. The fraction of sp³-hybridized carbons (Fsp3) is 0.833. The Labute approximate surface area is 111 Å². The van der Waals surface area contributed by atoms with Gasteiger partial charge in [-0.1, -0.05) is 15.9 Å². The molecule has 0 aromatic rings. The summed E-state index contributed by atoms with van der Waals surface area (Å²) in [5.74, 6) is -0.409. The Morgan fingerprint density at radius 1 is 1.41 bits per heavy atom. The standard InChI is InChI=1S/C12H20BrNO3/c1-5-17-10(16)11(2,3)14(4)9(15)12(13)7-6-8-12/h5-8H2,1-4H3. The van der Waals surface area contributed by atoms with Crippen molar-refractivity contribution in [2.75, 3.05) is 13.7 Å². The monoisotopic (exact) mass is 305 g/mol. The van der Waals surface area contributed by atoms with Gasteiger partial charge in [0.1, 0.15) is 9.86 Å². The van der Waals surface area contributed by atoms with Gasteiger partial charge < -0.3 is 9.64 Å². The van der Waals surface area contributed by atoms with Crippen molar-refractivity contribution in [3.8, 4) is 0 Å². The van der Waals surface area contributed by atoms with Crippen molar-refractivity contribution in [3.63, 3.8) is 0 Å². The molecular weight excluding hydrogens is 286 g/mol. The zero-order chi connectivity index (χ0) is 13.3. The van der Waals surface area contributed by atoms with Gasteiger partial charge in [-0.25, -0.2) is 4.79 Å². The highest BCUT2D eigenvalue weighted by molar-refractivity contribution is 9.10. The third-order valence-corrected chi connectivity index (χ3v) is 4.58. The fourth-order valence-electron chi connectivity index (χ4n) is 1.70. The third-order valence-electron chi connectivity index (χ3n) is 3.45. The summed E-state index contributed by atoms with van der Waals surface area (Å²) in [5, 5.41) is 0. The molecule has 0 saturated heterocycles. The van der Waals surface area contributed by atoms with E-state index in [1.807, 2.05) is 0 Å². The number of amides is 1. The SMILES string of the molecule is CCOC(=O)C(C)(C)N(C)C(=O)C1(Br)CCC1. The molecule has 0 bridgehead atoms. The number of halogens is 1. The van der Waals surface area contributed by atoms with E-state index in [1.54, 1.807) is 27.8 Å². The molecule has 1 aliphatic carbocycles. The lowest BCUT2D eigenvalue weighted by Gasteiger charge is -2.42. The van der Waals surface area contributed by atoms with Crippen LogP contribution in [0.5, 0.6) is 0 Å². The second-order valence-corrected chi connectivity index (χ2v) is 6.48. The maximum absolute atomic E-state index is 12.3. The summed E-state index contributed by atoms with van der Waals surface area (Å²) in [4.78, 5) is 25.6. The zero-order valence-electron chi connectivity index (χ0n) is 10.9. The Morgan fingerprint density at radius 2 is 1.94 bits per heavy atom. The normalized spacial score (nSPS) is 18.2. The van der Waals surface area contributed by atoms with E-state index < -0.39 is 9.86 Å². The average molecular weight is 306 g/mol. The third kappa shape index (κ3) is 2.64. The van der Waals surface area contributed by atoms with Crippen LogP contribution in [0.25, 0.3) is 0 Å². The van der Waals surface area contributed by atoms with Gasteiger partial charge >= 0.3 is 5.97 Å². The van der Waals surface area contributed by atoms with Crippen molar-refractivity contribution in [3.05, 3.63) is 0 Å². The van der Waals surface area contributed by atoms with Crippen LogP contribution in [0.1, 0.15) is 40.0 Å². The van der Waals surface area contributed by atoms with E-state index in [-0.39, 0.29) is 11.9 Å². The van der Waals surface area contributed by atoms with Gasteiger partial charge in [0.05, 0.1) is 6.61 Å². The highest BCUT2D eigenvalue weighted by Crippen LogP contribution is 2.42. The molecule has 0 atom stereocenters. The van der Waals surface area contributed by atoms with Crippen LogP contribution in [0, 0.1) is 0 Å². The predicted octanol–water partition coefficient (Wildman–Crippen LogP) is 2.10. The van der Waals surface area contributed by atoms with Crippen LogP contribution >= 0.6 is 15.9 Å². The Morgan fingerprint density at radius 3 is 2.29 bits per heavy atom. The number of hydrogen-bond donors (Lipinski definition) is 0. The molecule has 0 spiro atoms. The Balaban J connectivity index is 2.77. The molecule has 5 heteroatoms. The van der Waals surface area contributed by atoms with Gasteiger partial charge in [-0.2, -0.15) is 0 Å². The summed E-state index contributed by atoms with van der Waals surface area (Å²) < 4.78 is 4.53. The van der Waals surface area contributed by atoms with Crippen LogP contribution in [0.4, 0.5) is 0 Å². The molecule has 98 valence electrons. The highest BCUT2D eigenvalue weighted by Gasteiger charge is 2.48. The van der Waals surface area contributed by atoms with Crippen molar-refractivity contribution in [2.45, 2.75) is 49.9 Å². The minimum atomic E-state index is -0.927. The molecule has 0 aromatic carbocycles. The number of carbonyl (C=O) groups is 2. The number of ether oxygens (including phenoxy) is 1. The van der Waals surface area contributed by atoms with Gasteiger partial charge in [0.25, 0.3) is 0 Å². The van der Waals surface area contributed by atoms with Crippen LogP contribution in [-0.4, -0.2) is 40.3 Å².